The zero-order valence-corrected chi connectivity index (χ0v) is 15.0. The minimum Gasteiger partial charge on any atom is -0.340 e. The van der Waals surface area contributed by atoms with Gasteiger partial charge in [-0.15, -0.1) is 11.3 Å². The maximum Gasteiger partial charge on any atom is 0.228 e. The Morgan fingerprint density at radius 3 is 2.62 bits per heavy atom. The number of likely N-dealkylation sites (tertiary alicyclic amines) is 1. The van der Waals surface area contributed by atoms with Crippen LogP contribution < -0.4 is 0 Å². The smallest absolute Gasteiger partial charge is 0.228 e. The van der Waals surface area contributed by atoms with Gasteiger partial charge in [-0.3, -0.25) is 9.59 Å². The Hall–Kier alpha value is -2.14. The van der Waals surface area contributed by atoms with Crippen LogP contribution in [0.25, 0.3) is 0 Å². The zero-order valence-electron chi connectivity index (χ0n) is 14.2. The number of hydrogen-bond acceptors (Lipinski definition) is 3. The molecule has 0 unspecified atom stereocenters. The van der Waals surface area contributed by atoms with E-state index in [0.717, 1.165) is 10.4 Å². The molecule has 1 aliphatic heterocycles. The number of carbonyl (C=O) groups is 2. The molecule has 1 saturated heterocycles. The second-order valence-corrected chi connectivity index (χ2v) is 7.48. The van der Waals surface area contributed by atoms with E-state index in [0.29, 0.717) is 6.54 Å². The Bertz CT molecular complexity index is 724. The van der Waals surface area contributed by atoms with Crippen LogP contribution in [-0.4, -0.2) is 35.7 Å². The van der Waals surface area contributed by atoms with Crippen molar-refractivity contribution in [1.82, 2.24) is 9.80 Å². The van der Waals surface area contributed by atoms with Crippen LogP contribution in [-0.2, 0) is 16.1 Å². The summed E-state index contributed by atoms with van der Waals surface area (Å²) >= 11 is 1.64. The molecule has 0 bridgehead atoms. The number of benzene rings is 1. The molecule has 2 amide bonds. The van der Waals surface area contributed by atoms with Crippen molar-refractivity contribution in [2.24, 2.45) is 5.92 Å². The molecule has 1 aliphatic rings. The summed E-state index contributed by atoms with van der Waals surface area (Å²) in [5.74, 6) is -0.259. The van der Waals surface area contributed by atoms with Crippen LogP contribution >= 0.6 is 11.3 Å². The number of rotatable bonds is 4. The third kappa shape index (κ3) is 3.22. The molecule has 2 heterocycles. The number of thiophene rings is 1. The van der Waals surface area contributed by atoms with Crippen molar-refractivity contribution < 1.29 is 9.59 Å². The number of nitrogens with zero attached hydrogens (tertiary/aromatic N) is 2. The lowest BCUT2D eigenvalue weighted by Gasteiger charge is -2.28. The number of amides is 2. The van der Waals surface area contributed by atoms with Crippen LogP contribution in [0.2, 0.25) is 0 Å². The molecule has 0 spiro atoms. The van der Waals surface area contributed by atoms with Crippen molar-refractivity contribution in [3.8, 4) is 0 Å². The van der Waals surface area contributed by atoms with Crippen LogP contribution in [0.1, 0.15) is 28.5 Å². The molecular weight excluding hydrogens is 320 g/mol. The molecule has 0 saturated carbocycles. The first-order valence-corrected chi connectivity index (χ1v) is 8.95. The first-order chi connectivity index (χ1) is 11.5. The van der Waals surface area contributed by atoms with Crippen LogP contribution in [0.5, 0.6) is 0 Å². The molecule has 3 rings (SSSR count). The number of carbonyl (C=O) groups excluding carboxylic acids is 2. The first kappa shape index (κ1) is 16.7. The molecule has 1 aromatic carbocycles. The van der Waals surface area contributed by atoms with Gasteiger partial charge in [0, 0.05) is 25.4 Å². The quantitative estimate of drug-likeness (QED) is 0.856. The maximum atomic E-state index is 13.0. The molecule has 4 nitrogen and oxygen atoms in total. The van der Waals surface area contributed by atoms with Gasteiger partial charge in [-0.2, -0.15) is 0 Å². The molecular formula is C19H22N2O2S. The Morgan fingerprint density at radius 1 is 1.29 bits per heavy atom. The summed E-state index contributed by atoms with van der Waals surface area (Å²) in [6.07, 6.45) is 0.280. The van der Waals surface area contributed by atoms with E-state index >= 15 is 0 Å². The highest BCUT2D eigenvalue weighted by atomic mass is 32.1. The van der Waals surface area contributed by atoms with Gasteiger partial charge in [0.05, 0.1) is 18.5 Å². The SMILES string of the molecule is Cc1ccc([C@@H]2[C@H](C(=O)N(C)Cc3cccs3)CC(=O)N2C)cc1. The van der Waals surface area contributed by atoms with Crippen LogP contribution in [0.4, 0.5) is 0 Å². The summed E-state index contributed by atoms with van der Waals surface area (Å²) < 4.78 is 0. The summed E-state index contributed by atoms with van der Waals surface area (Å²) in [5.41, 5.74) is 2.19. The second-order valence-electron chi connectivity index (χ2n) is 6.44. The summed E-state index contributed by atoms with van der Waals surface area (Å²) in [7, 11) is 3.61. The highest BCUT2D eigenvalue weighted by molar-refractivity contribution is 7.09. The first-order valence-electron chi connectivity index (χ1n) is 8.07. The highest BCUT2D eigenvalue weighted by Crippen LogP contribution is 2.38. The summed E-state index contributed by atoms with van der Waals surface area (Å²) in [6.45, 7) is 2.62. The van der Waals surface area contributed by atoms with Crippen molar-refractivity contribution in [2.75, 3.05) is 14.1 Å². The van der Waals surface area contributed by atoms with Gasteiger partial charge < -0.3 is 9.80 Å². The molecule has 2 atom stereocenters. The summed E-state index contributed by atoms with van der Waals surface area (Å²) in [4.78, 5) is 29.8. The van der Waals surface area contributed by atoms with Crippen LogP contribution in [0.15, 0.2) is 41.8 Å². The summed E-state index contributed by atoms with van der Waals surface area (Å²) in [5, 5.41) is 2.01. The monoisotopic (exact) mass is 342 g/mol. The Morgan fingerprint density at radius 2 is 2.00 bits per heavy atom. The van der Waals surface area contributed by atoms with E-state index in [4.69, 9.17) is 0 Å². The predicted octanol–water partition coefficient (Wildman–Crippen LogP) is 3.23. The lowest BCUT2D eigenvalue weighted by molar-refractivity contribution is -0.135. The van der Waals surface area contributed by atoms with E-state index in [2.05, 4.69) is 0 Å². The third-order valence-corrected chi connectivity index (χ3v) is 5.53. The maximum absolute atomic E-state index is 13.0. The van der Waals surface area contributed by atoms with Gasteiger partial charge in [-0.05, 0) is 23.9 Å². The van der Waals surface area contributed by atoms with E-state index in [-0.39, 0.29) is 30.2 Å². The molecule has 126 valence electrons. The molecule has 0 aliphatic carbocycles. The van der Waals surface area contributed by atoms with Gasteiger partial charge in [-0.1, -0.05) is 35.9 Å². The fourth-order valence-corrected chi connectivity index (χ4v) is 4.07. The standard InChI is InChI=1S/C19H22N2O2S/c1-13-6-8-14(9-7-13)18-16(11-17(22)21(18)3)19(23)20(2)12-15-5-4-10-24-15/h4-10,16,18H,11-12H2,1-3H3/t16-,18-/m1/s1. The van der Waals surface area contributed by atoms with E-state index in [1.807, 2.05) is 55.7 Å². The molecule has 1 fully saturated rings. The van der Waals surface area contributed by atoms with Crippen molar-refractivity contribution in [3.05, 3.63) is 57.8 Å². The third-order valence-electron chi connectivity index (χ3n) is 4.67. The normalized spacial score (nSPS) is 20.5. The minimum absolute atomic E-state index is 0.0310. The van der Waals surface area contributed by atoms with Crippen molar-refractivity contribution in [3.63, 3.8) is 0 Å². The topological polar surface area (TPSA) is 40.6 Å². The molecule has 0 radical (unpaired) electrons. The Labute approximate surface area is 146 Å². The van der Waals surface area contributed by atoms with E-state index in [9.17, 15) is 9.59 Å². The average molecular weight is 342 g/mol. The van der Waals surface area contributed by atoms with Gasteiger partial charge in [0.1, 0.15) is 0 Å². The van der Waals surface area contributed by atoms with Gasteiger partial charge in [0.2, 0.25) is 11.8 Å². The minimum atomic E-state index is -0.324. The second kappa shape index (κ2) is 6.77. The highest BCUT2D eigenvalue weighted by Gasteiger charge is 2.43. The van der Waals surface area contributed by atoms with E-state index < -0.39 is 0 Å². The lowest BCUT2D eigenvalue weighted by Crippen LogP contribution is -2.35. The van der Waals surface area contributed by atoms with Crippen molar-refractivity contribution in [1.29, 1.82) is 0 Å². The Balaban J connectivity index is 1.82. The Kier molecular flexibility index (Phi) is 4.71. The lowest BCUT2D eigenvalue weighted by atomic mass is 9.92. The summed E-state index contributed by atoms with van der Waals surface area (Å²) in [6, 6.07) is 11.9. The van der Waals surface area contributed by atoms with Gasteiger partial charge in [0.15, 0.2) is 0 Å². The zero-order chi connectivity index (χ0) is 17.3. The molecule has 2 aromatic rings. The largest absolute Gasteiger partial charge is 0.340 e. The van der Waals surface area contributed by atoms with Gasteiger partial charge >= 0.3 is 0 Å². The van der Waals surface area contributed by atoms with Crippen LogP contribution in [0.3, 0.4) is 0 Å². The molecule has 24 heavy (non-hydrogen) atoms. The fraction of sp³-hybridized carbons (Fsp3) is 0.368. The van der Waals surface area contributed by atoms with Gasteiger partial charge in [0.25, 0.3) is 0 Å². The van der Waals surface area contributed by atoms with E-state index in [1.54, 1.807) is 28.2 Å². The fourth-order valence-electron chi connectivity index (χ4n) is 3.31. The number of aryl methyl sites for hydroxylation is 1. The molecule has 0 N–H and O–H groups in total. The van der Waals surface area contributed by atoms with Crippen molar-refractivity contribution in [2.45, 2.75) is 25.9 Å². The number of hydrogen-bond donors (Lipinski definition) is 0. The van der Waals surface area contributed by atoms with E-state index in [1.165, 1.54) is 5.56 Å². The average Bonchev–Trinajstić information content (AvgIpc) is 3.17. The predicted molar refractivity (Wildman–Crippen MR) is 95.6 cm³/mol. The van der Waals surface area contributed by atoms with Crippen molar-refractivity contribution >= 4 is 23.2 Å². The molecule has 5 heteroatoms. The molecule has 1 aromatic heterocycles. The van der Waals surface area contributed by atoms with Crippen LogP contribution in [0, 0.1) is 12.8 Å². The van der Waals surface area contributed by atoms with Gasteiger partial charge in [-0.25, -0.2) is 0 Å².